The Labute approximate surface area is 142 Å². The van der Waals surface area contributed by atoms with Crippen LogP contribution in [0.15, 0.2) is 18.3 Å². The van der Waals surface area contributed by atoms with E-state index in [0.717, 1.165) is 42.5 Å². The van der Waals surface area contributed by atoms with E-state index in [0.29, 0.717) is 0 Å². The van der Waals surface area contributed by atoms with E-state index in [-0.39, 0.29) is 6.61 Å². The molecule has 0 fully saturated rings. The molecule has 0 unspecified atom stereocenters. The van der Waals surface area contributed by atoms with E-state index in [1.165, 1.54) is 16.8 Å². The third kappa shape index (κ3) is 4.97. The zero-order valence-electron chi connectivity index (χ0n) is 14.2. The lowest BCUT2D eigenvalue weighted by Crippen LogP contribution is -2.05. The first-order chi connectivity index (χ1) is 11.2. The molecule has 0 aliphatic carbocycles. The highest BCUT2D eigenvalue weighted by Crippen LogP contribution is 2.17. The number of aryl methyl sites for hydroxylation is 2. The minimum absolute atomic E-state index is 0.223. The van der Waals surface area contributed by atoms with Crippen molar-refractivity contribution in [1.82, 2.24) is 14.8 Å². The topological polar surface area (TPSA) is 63.0 Å². The van der Waals surface area contributed by atoms with Crippen molar-refractivity contribution >= 4 is 17.6 Å². The zero-order valence-corrected chi connectivity index (χ0v) is 15.0. The summed E-state index contributed by atoms with van der Waals surface area (Å²) in [5.41, 5.74) is 4.78. The van der Waals surface area contributed by atoms with Gasteiger partial charge in [0.05, 0.1) is 12.3 Å². The molecule has 2 aromatic heterocycles. The fraction of sp³-hybridized carbons (Fsp3) is 0.529. The van der Waals surface area contributed by atoms with Crippen molar-refractivity contribution in [3.8, 4) is 0 Å². The number of nitrogens with zero attached hydrogens (tertiary/aromatic N) is 3. The number of aromatic nitrogens is 3. The maximum absolute atomic E-state index is 8.85. The van der Waals surface area contributed by atoms with Gasteiger partial charge < -0.3 is 10.4 Å². The Morgan fingerprint density at radius 3 is 2.91 bits per heavy atom. The molecular formula is C17H26N4OS. The molecule has 6 heteroatoms. The summed E-state index contributed by atoms with van der Waals surface area (Å²) in [5.74, 6) is 2.54. The van der Waals surface area contributed by atoms with Gasteiger partial charge in [0.25, 0.3) is 0 Å². The van der Waals surface area contributed by atoms with E-state index in [2.05, 4.69) is 46.9 Å². The zero-order chi connectivity index (χ0) is 16.7. The van der Waals surface area contributed by atoms with Gasteiger partial charge in [0.15, 0.2) is 0 Å². The molecule has 0 aromatic carbocycles. The van der Waals surface area contributed by atoms with Crippen molar-refractivity contribution in [3.63, 3.8) is 0 Å². The Morgan fingerprint density at radius 2 is 2.17 bits per heavy atom. The summed E-state index contributed by atoms with van der Waals surface area (Å²) in [7, 11) is 0. The van der Waals surface area contributed by atoms with Crippen molar-refractivity contribution < 1.29 is 5.11 Å². The molecule has 0 saturated carbocycles. The largest absolute Gasteiger partial charge is 0.396 e. The maximum atomic E-state index is 8.85. The van der Waals surface area contributed by atoms with E-state index in [1.54, 1.807) is 11.8 Å². The Bertz CT molecular complexity index is 627. The fourth-order valence-electron chi connectivity index (χ4n) is 2.51. The molecule has 2 aromatic rings. The van der Waals surface area contributed by atoms with E-state index < -0.39 is 0 Å². The van der Waals surface area contributed by atoms with Gasteiger partial charge in [-0.15, -0.1) is 0 Å². The second-order valence-corrected chi connectivity index (χ2v) is 6.66. The van der Waals surface area contributed by atoms with Crippen LogP contribution < -0.4 is 5.32 Å². The van der Waals surface area contributed by atoms with E-state index >= 15 is 0 Å². The summed E-state index contributed by atoms with van der Waals surface area (Å²) in [4.78, 5) is 4.39. The Morgan fingerprint density at radius 1 is 1.35 bits per heavy atom. The minimum atomic E-state index is 0.223. The summed E-state index contributed by atoms with van der Waals surface area (Å²) >= 11 is 1.72. The van der Waals surface area contributed by atoms with Gasteiger partial charge in [-0.3, -0.25) is 4.68 Å². The molecule has 126 valence electrons. The average Bonchev–Trinajstić information content (AvgIpc) is 2.81. The fourth-order valence-corrected chi connectivity index (χ4v) is 3.20. The van der Waals surface area contributed by atoms with E-state index in [4.69, 9.17) is 5.11 Å². The molecule has 0 radical (unpaired) electrons. The van der Waals surface area contributed by atoms with Gasteiger partial charge in [-0.2, -0.15) is 16.9 Å². The predicted octanol–water partition coefficient (Wildman–Crippen LogP) is 3.14. The maximum Gasteiger partial charge on any atom is 0.126 e. The summed E-state index contributed by atoms with van der Waals surface area (Å²) < 4.78 is 2.09. The van der Waals surface area contributed by atoms with Crippen LogP contribution in [0.4, 0.5) is 5.82 Å². The van der Waals surface area contributed by atoms with Crippen LogP contribution in [-0.4, -0.2) is 32.2 Å². The van der Waals surface area contributed by atoms with Crippen LogP contribution in [0, 0.1) is 13.8 Å². The monoisotopic (exact) mass is 334 g/mol. The van der Waals surface area contributed by atoms with Crippen LogP contribution in [-0.2, 0) is 18.8 Å². The number of aliphatic hydroxyl groups excluding tert-OH is 1. The SMILES string of the molecule is CCCn1nc(C)c(CNc2cc(CSCCO)ccn2)c1C. The standard InChI is InChI=1S/C17H26N4OS/c1-4-7-21-14(3)16(13(2)20-21)11-19-17-10-15(5-6-18-17)12-23-9-8-22/h5-6,10,22H,4,7-9,11-12H2,1-3H3,(H,18,19). The van der Waals surface area contributed by atoms with Gasteiger partial charge in [0, 0.05) is 42.0 Å². The number of hydrogen-bond acceptors (Lipinski definition) is 5. The van der Waals surface area contributed by atoms with Crippen molar-refractivity contribution in [2.75, 3.05) is 17.7 Å². The van der Waals surface area contributed by atoms with Crippen LogP contribution in [0.5, 0.6) is 0 Å². The summed E-state index contributed by atoms with van der Waals surface area (Å²) in [6.45, 7) is 8.28. The van der Waals surface area contributed by atoms with Gasteiger partial charge in [-0.1, -0.05) is 6.92 Å². The van der Waals surface area contributed by atoms with Gasteiger partial charge in [0.2, 0.25) is 0 Å². The Hall–Kier alpha value is -1.53. The molecule has 0 aliphatic heterocycles. The van der Waals surface area contributed by atoms with Crippen molar-refractivity contribution in [1.29, 1.82) is 0 Å². The lowest BCUT2D eigenvalue weighted by atomic mass is 10.2. The first-order valence-corrected chi connectivity index (χ1v) is 9.21. The number of pyridine rings is 1. The van der Waals surface area contributed by atoms with E-state index in [9.17, 15) is 0 Å². The second-order valence-electron chi connectivity index (χ2n) is 5.55. The van der Waals surface area contributed by atoms with Crippen molar-refractivity contribution in [2.45, 2.75) is 46.0 Å². The summed E-state index contributed by atoms with van der Waals surface area (Å²) in [6.07, 6.45) is 2.92. The third-order valence-electron chi connectivity index (χ3n) is 3.74. The molecule has 2 N–H and O–H groups in total. The molecule has 0 bridgehead atoms. The highest BCUT2D eigenvalue weighted by molar-refractivity contribution is 7.98. The lowest BCUT2D eigenvalue weighted by Gasteiger charge is -2.08. The highest BCUT2D eigenvalue weighted by atomic mass is 32.2. The average molecular weight is 334 g/mol. The normalized spacial score (nSPS) is 11.0. The number of thioether (sulfide) groups is 1. The van der Waals surface area contributed by atoms with Crippen LogP contribution in [0.1, 0.15) is 35.9 Å². The highest BCUT2D eigenvalue weighted by Gasteiger charge is 2.11. The quantitative estimate of drug-likeness (QED) is 0.690. The molecule has 23 heavy (non-hydrogen) atoms. The summed E-state index contributed by atoms with van der Waals surface area (Å²) in [6, 6.07) is 4.09. The van der Waals surface area contributed by atoms with Gasteiger partial charge >= 0.3 is 0 Å². The lowest BCUT2D eigenvalue weighted by molar-refractivity contribution is 0.322. The molecule has 2 rings (SSSR count). The Balaban J connectivity index is 1.99. The summed E-state index contributed by atoms with van der Waals surface area (Å²) in [5, 5.41) is 16.9. The first kappa shape index (κ1) is 17.8. The molecule has 0 atom stereocenters. The predicted molar refractivity (Wildman–Crippen MR) is 96.8 cm³/mol. The first-order valence-electron chi connectivity index (χ1n) is 8.06. The van der Waals surface area contributed by atoms with Gasteiger partial charge in [0.1, 0.15) is 5.82 Å². The minimum Gasteiger partial charge on any atom is -0.396 e. The number of rotatable bonds is 9. The number of anilines is 1. The number of nitrogens with one attached hydrogen (secondary N) is 1. The molecule has 2 heterocycles. The van der Waals surface area contributed by atoms with Crippen LogP contribution in [0.3, 0.4) is 0 Å². The number of hydrogen-bond donors (Lipinski definition) is 2. The van der Waals surface area contributed by atoms with Gasteiger partial charge in [-0.05, 0) is 38.0 Å². The van der Waals surface area contributed by atoms with Crippen molar-refractivity contribution in [2.24, 2.45) is 0 Å². The molecule has 0 amide bonds. The van der Waals surface area contributed by atoms with Crippen LogP contribution in [0.25, 0.3) is 0 Å². The smallest absolute Gasteiger partial charge is 0.126 e. The molecule has 5 nitrogen and oxygen atoms in total. The second kappa shape index (κ2) is 8.93. The molecule has 0 saturated heterocycles. The number of aliphatic hydroxyl groups is 1. The molecular weight excluding hydrogens is 308 g/mol. The van der Waals surface area contributed by atoms with E-state index in [1.807, 2.05) is 12.3 Å². The van der Waals surface area contributed by atoms with Gasteiger partial charge in [-0.25, -0.2) is 4.98 Å². The molecule has 0 aliphatic rings. The van der Waals surface area contributed by atoms with Crippen LogP contribution >= 0.6 is 11.8 Å². The third-order valence-corrected chi connectivity index (χ3v) is 4.75. The Kier molecular flexibility index (Phi) is 6.92. The van der Waals surface area contributed by atoms with Crippen molar-refractivity contribution in [3.05, 3.63) is 40.8 Å². The molecule has 0 spiro atoms. The van der Waals surface area contributed by atoms with Crippen LogP contribution in [0.2, 0.25) is 0 Å².